The third-order valence-electron chi connectivity index (χ3n) is 4.08. The zero-order valence-corrected chi connectivity index (χ0v) is 11.4. The smallest absolute Gasteiger partial charge is 0.254 e. The molecule has 0 atom stereocenters. The van der Waals surface area contributed by atoms with Crippen molar-refractivity contribution in [2.45, 2.75) is 32.6 Å². The maximum atomic E-state index is 12.6. The van der Waals surface area contributed by atoms with Gasteiger partial charge in [-0.05, 0) is 68.2 Å². The second-order valence-electron chi connectivity index (χ2n) is 6.10. The molecule has 2 saturated carbocycles. The SMILES string of the molecule is Cc1cc(O)ccc1C(=O)N(CC1CC1)CC1CC1. The normalized spacial score (nSPS) is 18.4. The van der Waals surface area contributed by atoms with Crippen LogP contribution in [0, 0.1) is 18.8 Å². The van der Waals surface area contributed by atoms with Crippen LogP contribution in [0.1, 0.15) is 41.6 Å². The van der Waals surface area contributed by atoms with E-state index in [-0.39, 0.29) is 11.7 Å². The van der Waals surface area contributed by atoms with Gasteiger partial charge in [-0.25, -0.2) is 0 Å². The van der Waals surface area contributed by atoms with Gasteiger partial charge in [0.15, 0.2) is 0 Å². The van der Waals surface area contributed by atoms with Crippen molar-refractivity contribution in [1.82, 2.24) is 4.90 Å². The molecule has 2 aliphatic rings. The summed E-state index contributed by atoms with van der Waals surface area (Å²) >= 11 is 0. The summed E-state index contributed by atoms with van der Waals surface area (Å²) in [6.07, 6.45) is 5.07. The number of carbonyl (C=O) groups excluding carboxylic acids is 1. The van der Waals surface area contributed by atoms with Crippen LogP contribution in [0.5, 0.6) is 5.75 Å². The summed E-state index contributed by atoms with van der Waals surface area (Å²) < 4.78 is 0. The molecule has 1 aromatic carbocycles. The van der Waals surface area contributed by atoms with Gasteiger partial charge in [-0.2, -0.15) is 0 Å². The third kappa shape index (κ3) is 3.09. The number of hydrogen-bond acceptors (Lipinski definition) is 2. The van der Waals surface area contributed by atoms with Gasteiger partial charge in [0, 0.05) is 18.7 Å². The van der Waals surface area contributed by atoms with E-state index in [1.807, 2.05) is 11.8 Å². The molecule has 19 heavy (non-hydrogen) atoms. The standard InChI is InChI=1S/C16H21NO2/c1-11-8-14(18)6-7-15(11)16(19)17(9-12-2-3-12)10-13-4-5-13/h6-8,12-13,18H,2-5,9-10H2,1H3. The Hall–Kier alpha value is -1.51. The number of nitrogens with zero attached hydrogens (tertiary/aromatic N) is 1. The fourth-order valence-corrected chi connectivity index (χ4v) is 2.52. The Bertz CT molecular complexity index is 476. The van der Waals surface area contributed by atoms with E-state index in [0.717, 1.165) is 36.1 Å². The van der Waals surface area contributed by atoms with Gasteiger partial charge >= 0.3 is 0 Å². The Morgan fingerprint density at radius 2 is 1.79 bits per heavy atom. The molecule has 3 nitrogen and oxygen atoms in total. The first-order chi connectivity index (χ1) is 9.13. The molecule has 0 aromatic heterocycles. The summed E-state index contributed by atoms with van der Waals surface area (Å²) in [5.74, 6) is 1.81. The van der Waals surface area contributed by atoms with Crippen molar-refractivity contribution in [2.24, 2.45) is 11.8 Å². The summed E-state index contributed by atoms with van der Waals surface area (Å²) in [7, 11) is 0. The molecular formula is C16H21NO2. The highest BCUT2D eigenvalue weighted by atomic mass is 16.3. The van der Waals surface area contributed by atoms with Crippen LogP contribution in [-0.4, -0.2) is 29.0 Å². The number of benzene rings is 1. The Morgan fingerprint density at radius 3 is 2.26 bits per heavy atom. The quantitative estimate of drug-likeness (QED) is 0.883. The first-order valence-corrected chi connectivity index (χ1v) is 7.22. The number of rotatable bonds is 5. The molecule has 1 N–H and O–H groups in total. The van der Waals surface area contributed by atoms with E-state index in [4.69, 9.17) is 0 Å². The molecule has 0 radical (unpaired) electrons. The molecular weight excluding hydrogens is 238 g/mol. The van der Waals surface area contributed by atoms with E-state index in [0.29, 0.717) is 0 Å². The topological polar surface area (TPSA) is 40.5 Å². The largest absolute Gasteiger partial charge is 0.508 e. The summed E-state index contributed by atoms with van der Waals surface area (Å²) in [5.41, 5.74) is 1.60. The molecule has 2 aliphatic carbocycles. The summed E-state index contributed by atoms with van der Waals surface area (Å²) in [6, 6.07) is 5.02. The Kier molecular flexibility index (Phi) is 3.21. The van der Waals surface area contributed by atoms with Gasteiger partial charge in [0.25, 0.3) is 5.91 Å². The number of hydrogen-bond donors (Lipinski definition) is 1. The molecule has 0 heterocycles. The van der Waals surface area contributed by atoms with E-state index in [9.17, 15) is 9.90 Å². The molecule has 1 aromatic rings. The van der Waals surface area contributed by atoms with Crippen LogP contribution in [0.3, 0.4) is 0 Å². The van der Waals surface area contributed by atoms with Crippen molar-refractivity contribution in [3.63, 3.8) is 0 Å². The highest BCUT2D eigenvalue weighted by molar-refractivity contribution is 5.95. The average Bonchev–Trinajstić information content (AvgIpc) is 3.22. The van der Waals surface area contributed by atoms with E-state index < -0.39 is 0 Å². The van der Waals surface area contributed by atoms with Crippen LogP contribution in [0.2, 0.25) is 0 Å². The molecule has 3 rings (SSSR count). The monoisotopic (exact) mass is 259 g/mol. The number of phenols is 1. The first-order valence-electron chi connectivity index (χ1n) is 7.22. The second-order valence-corrected chi connectivity index (χ2v) is 6.10. The maximum Gasteiger partial charge on any atom is 0.254 e. The number of aryl methyl sites for hydroxylation is 1. The van der Waals surface area contributed by atoms with Crippen LogP contribution >= 0.6 is 0 Å². The minimum atomic E-state index is 0.135. The van der Waals surface area contributed by atoms with Gasteiger partial charge in [-0.1, -0.05) is 0 Å². The summed E-state index contributed by atoms with van der Waals surface area (Å²) in [6.45, 7) is 3.71. The molecule has 0 spiro atoms. The molecule has 0 saturated heterocycles. The predicted octanol–water partition coefficient (Wildman–Crippen LogP) is 2.96. The Morgan fingerprint density at radius 1 is 1.21 bits per heavy atom. The molecule has 0 unspecified atom stereocenters. The fourth-order valence-electron chi connectivity index (χ4n) is 2.52. The number of carbonyl (C=O) groups is 1. The van der Waals surface area contributed by atoms with Crippen LogP contribution in [0.15, 0.2) is 18.2 Å². The first kappa shape index (κ1) is 12.5. The lowest BCUT2D eigenvalue weighted by atomic mass is 10.1. The number of phenolic OH excluding ortho intramolecular Hbond substituents is 1. The minimum absolute atomic E-state index is 0.135. The number of amides is 1. The van der Waals surface area contributed by atoms with Crippen molar-refractivity contribution >= 4 is 5.91 Å². The Balaban J connectivity index is 1.76. The highest BCUT2D eigenvalue weighted by Gasteiger charge is 2.32. The van der Waals surface area contributed by atoms with Gasteiger partial charge in [0.05, 0.1) is 0 Å². The van der Waals surface area contributed by atoms with Crippen LogP contribution in [0.4, 0.5) is 0 Å². The van der Waals surface area contributed by atoms with E-state index >= 15 is 0 Å². The zero-order chi connectivity index (χ0) is 13.4. The molecule has 3 heteroatoms. The summed E-state index contributed by atoms with van der Waals surface area (Å²) in [5, 5.41) is 9.44. The number of aromatic hydroxyl groups is 1. The molecule has 102 valence electrons. The fraction of sp³-hybridized carbons (Fsp3) is 0.562. The maximum absolute atomic E-state index is 12.6. The minimum Gasteiger partial charge on any atom is -0.508 e. The van der Waals surface area contributed by atoms with E-state index in [1.54, 1.807) is 18.2 Å². The molecule has 0 aliphatic heterocycles. The molecule has 0 bridgehead atoms. The van der Waals surface area contributed by atoms with Gasteiger partial charge in [0.1, 0.15) is 5.75 Å². The van der Waals surface area contributed by atoms with Crippen molar-refractivity contribution in [3.05, 3.63) is 29.3 Å². The van der Waals surface area contributed by atoms with Gasteiger partial charge in [-0.3, -0.25) is 4.79 Å². The third-order valence-corrected chi connectivity index (χ3v) is 4.08. The Labute approximate surface area is 114 Å². The predicted molar refractivity (Wildman–Crippen MR) is 74.2 cm³/mol. The van der Waals surface area contributed by atoms with Crippen molar-refractivity contribution in [1.29, 1.82) is 0 Å². The molecule has 2 fully saturated rings. The lowest BCUT2D eigenvalue weighted by molar-refractivity contribution is 0.0739. The zero-order valence-electron chi connectivity index (χ0n) is 11.4. The second kappa shape index (κ2) is 4.87. The van der Waals surface area contributed by atoms with Gasteiger partial charge < -0.3 is 10.0 Å². The summed E-state index contributed by atoms with van der Waals surface area (Å²) in [4.78, 5) is 14.7. The van der Waals surface area contributed by atoms with Crippen molar-refractivity contribution in [2.75, 3.05) is 13.1 Å². The average molecular weight is 259 g/mol. The van der Waals surface area contributed by atoms with Crippen LogP contribution in [-0.2, 0) is 0 Å². The highest BCUT2D eigenvalue weighted by Crippen LogP contribution is 2.34. The van der Waals surface area contributed by atoms with Crippen LogP contribution in [0.25, 0.3) is 0 Å². The lowest BCUT2D eigenvalue weighted by Gasteiger charge is -2.23. The molecule has 1 amide bonds. The van der Waals surface area contributed by atoms with Crippen LogP contribution < -0.4 is 0 Å². The van der Waals surface area contributed by atoms with E-state index in [1.165, 1.54) is 25.7 Å². The van der Waals surface area contributed by atoms with Crippen molar-refractivity contribution < 1.29 is 9.90 Å². The lowest BCUT2D eigenvalue weighted by Crippen LogP contribution is -2.35. The van der Waals surface area contributed by atoms with Crippen molar-refractivity contribution in [3.8, 4) is 5.75 Å². The van der Waals surface area contributed by atoms with E-state index in [2.05, 4.69) is 0 Å². The van der Waals surface area contributed by atoms with Gasteiger partial charge in [-0.15, -0.1) is 0 Å². The van der Waals surface area contributed by atoms with Gasteiger partial charge in [0.2, 0.25) is 0 Å².